The van der Waals surface area contributed by atoms with Gasteiger partial charge in [-0.05, 0) is 39.7 Å². The molecular weight excluding hydrogens is 246 g/mol. The average Bonchev–Trinajstić information content (AvgIpc) is 2.27. The highest BCUT2D eigenvalue weighted by atomic mass is 32.2. The smallest absolute Gasteiger partial charge is 0.0975 e. The molecule has 0 heterocycles. The van der Waals surface area contributed by atoms with Crippen molar-refractivity contribution in [2.24, 2.45) is 0 Å². The lowest BCUT2D eigenvalue weighted by atomic mass is 10.0. The first-order chi connectivity index (χ1) is 8.30. The molecule has 0 aliphatic heterocycles. The minimum Gasteiger partial charge on any atom is -0.393 e. The molecule has 18 heavy (non-hydrogen) atoms. The molecule has 3 nitrogen and oxygen atoms in total. The van der Waals surface area contributed by atoms with Crippen LogP contribution in [-0.2, 0) is 11.0 Å². The molecule has 0 radical (unpaired) electrons. The molecule has 0 amide bonds. The quantitative estimate of drug-likeness (QED) is 0.863. The number of benzene rings is 1. The van der Waals surface area contributed by atoms with Gasteiger partial charge in [0.15, 0.2) is 0 Å². The van der Waals surface area contributed by atoms with Crippen LogP contribution in [0.5, 0.6) is 0 Å². The minimum absolute atomic E-state index is 0.0914. The summed E-state index contributed by atoms with van der Waals surface area (Å²) < 4.78 is 15.0. The van der Waals surface area contributed by atoms with Gasteiger partial charge in [-0.25, -0.2) is 8.93 Å². The highest BCUT2D eigenvalue weighted by Gasteiger charge is 2.24. The number of aliphatic hydroxyl groups is 1. The monoisotopic (exact) mass is 269 g/mol. The number of hydrogen-bond donors (Lipinski definition) is 2. The molecule has 3 atom stereocenters. The van der Waals surface area contributed by atoms with E-state index in [0.29, 0.717) is 6.42 Å². The number of aliphatic hydroxyl groups excluding tert-OH is 1. The Balaban J connectivity index is 2.84. The van der Waals surface area contributed by atoms with Crippen LogP contribution in [0.25, 0.3) is 0 Å². The molecule has 2 N–H and O–H groups in total. The van der Waals surface area contributed by atoms with Crippen molar-refractivity contribution in [3.63, 3.8) is 0 Å². The third kappa shape index (κ3) is 4.88. The molecular formula is C14H23NO2S. The van der Waals surface area contributed by atoms with Gasteiger partial charge < -0.3 is 5.11 Å². The van der Waals surface area contributed by atoms with E-state index in [0.717, 1.165) is 5.56 Å². The van der Waals surface area contributed by atoms with E-state index in [1.165, 1.54) is 0 Å². The minimum atomic E-state index is -1.15. The van der Waals surface area contributed by atoms with Crippen LogP contribution < -0.4 is 4.72 Å². The van der Waals surface area contributed by atoms with Gasteiger partial charge in [0.2, 0.25) is 0 Å². The summed E-state index contributed by atoms with van der Waals surface area (Å²) in [6, 6.07) is 9.73. The Kier molecular flexibility index (Phi) is 5.50. The zero-order valence-electron chi connectivity index (χ0n) is 11.5. The van der Waals surface area contributed by atoms with Gasteiger partial charge in [0.1, 0.15) is 0 Å². The lowest BCUT2D eigenvalue weighted by Gasteiger charge is -2.25. The Morgan fingerprint density at radius 3 is 2.28 bits per heavy atom. The first-order valence-electron chi connectivity index (χ1n) is 6.21. The van der Waals surface area contributed by atoms with Crippen LogP contribution in [0.1, 0.15) is 45.7 Å². The van der Waals surface area contributed by atoms with Crippen molar-refractivity contribution in [1.82, 2.24) is 4.72 Å². The van der Waals surface area contributed by atoms with E-state index in [2.05, 4.69) is 4.72 Å². The second-order valence-electron chi connectivity index (χ2n) is 5.55. The number of rotatable bonds is 5. The first kappa shape index (κ1) is 15.3. The highest BCUT2D eigenvalue weighted by molar-refractivity contribution is 7.84. The van der Waals surface area contributed by atoms with Gasteiger partial charge in [-0.15, -0.1) is 0 Å². The predicted octanol–water partition coefficient (Wildman–Crippen LogP) is 2.55. The first-order valence-corrected chi connectivity index (χ1v) is 7.36. The van der Waals surface area contributed by atoms with Crippen LogP contribution >= 0.6 is 0 Å². The van der Waals surface area contributed by atoms with E-state index < -0.39 is 17.1 Å². The van der Waals surface area contributed by atoms with Gasteiger partial charge in [-0.2, -0.15) is 0 Å². The maximum atomic E-state index is 12.1. The van der Waals surface area contributed by atoms with E-state index >= 15 is 0 Å². The van der Waals surface area contributed by atoms with E-state index in [1.54, 1.807) is 6.92 Å². The molecule has 0 bridgehead atoms. The molecule has 0 aliphatic rings. The molecule has 0 aliphatic carbocycles. The Labute approximate surface area is 112 Å². The summed E-state index contributed by atoms with van der Waals surface area (Å²) in [5.74, 6) is 0. The molecule has 1 aromatic carbocycles. The van der Waals surface area contributed by atoms with Crippen LogP contribution in [0.15, 0.2) is 30.3 Å². The molecule has 1 aromatic rings. The molecule has 0 spiro atoms. The molecule has 4 heteroatoms. The lowest BCUT2D eigenvalue weighted by molar-refractivity contribution is 0.172. The third-order valence-electron chi connectivity index (χ3n) is 2.58. The van der Waals surface area contributed by atoms with Gasteiger partial charge in [0, 0.05) is 6.04 Å². The van der Waals surface area contributed by atoms with Gasteiger partial charge >= 0.3 is 0 Å². The molecule has 0 saturated carbocycles. The second kappa shape index (κ2) is 6.45. The van der Waals surface area contributed by atoms with Crippen molar-refractivity contribution >= 4 is 11.0 Å². The third-order valence-corrected chi connectivity index (χ3v) is 4.20. The van der Waals surface area contributed by atoms with Crippen LogP contribution in [0.2, 0.25) is 0 Å². The standard InChI is InChI=1S/C14H23NO2S/c1-11(16)10-13(12-8-6-5-7-9-12)15-18(17)14(2,3)4/h5-9,11,13,15-16H,10H2,1-4H3/t11-,13+,18-/m0/s1. The van der Waals surface area contributed by atoms with Gasteiger partial charge in [0.05, 0.1) is 21.8 Å². The summed E-state index contributed by atoms with van der Waals surface area (Å²) in [4.78, 5) is 0. The zero-order chi connectivity index (χ0) is 13.8. The molecule has 0 unspecified atom stereocenters. The Bertz CT molecular complexity index is 385. The second-order valence-corrected chi connectivity index (χ2v) is 7.54. The van der Waals surface area contributed by atoms with Crippen molar-refractivity contribution in [1.29, 1.82) is 0 Å². The summed E-state index contributed by atoms with van der Waals surface area (Å²) in [5, 5.41) is 9.56. The Hall–Kier alpha value is -0.710. The SMILES string of the molecule is C[C@H](O)C[C@@H](N[S@@](=O)C(C)(C)C)c1ccccc1. The van der Waals surface area contributed by atoms with Crippen molar-refractivity contribution in [3.8, 4) is 0 Å². The van der Waals surface area contributed by atoms with Gasteiger partial charge in [-0.3, -0.25) is 0 Å². The van der Waals surface area contributed by atoms with E-state index in [1.807, 2.05) is 51.1 Å². The predicted molar refractivity (Wildman–Crippen MR) is 76.5 cm³/mol. The van der Waals surface area contributed by atoms with Crippen LogP contribution in [0.4, 0.5) is 0 Å². The summed E-state index contributed by atoms with van der Waals surface area (Å²) in [7, 11) is -1.15. The van der Waals surface area contributed by atoms with Gasteiger partial charge in [-0.1, -0.05) is 30.3 Å². The van der Waals surface area contributed by atoms with Crippen molar-refractivity contribution in [3.05, 3.63) is 35.9 Å². The van der Waals surface area contributed by atoms with Crippen LogP contribution in [0.3, 0.4) is 0 Å². The number of hydrogen-bond acceptors (Lipinski definition) is 2. The molecule has 102 valence electrons. The van der Waals surface area contributed by atoms with E-state index in [9.17, 15) is 9.32 Å². The van der Waals surface area contributed by atoms with Crippen molar-refractivity contribution in [2.45, 2.75) is 51.0 Å². The van der Waals surface area contributed by atoms with Crippen LogP contribution in [0, 0.1) is 0 Å². The Morgan fingerprint density at radius 1 is 1.28 bits per heavy atom. The average molecular weight is 269 g/mol. The lowest BCUT2D eigenvalue weighted by Crippen LogP contribution is -2.36. The molecule has 0 saturated heterocycles. The summed E-state index contributed by atoms with van der Waals surface area (Å²) in [5.41, 5.74) is 1.05. The maximum Gasteiger partial charge on any atom is 0.0975 e. The fraction of sp³-hybridized carbons (Fsp3) is 0.571. The van der Waals surface area contributed by atoms with Gasteiger partial charge in [0.25, 0.3) is 0 Å². The van der Waals surface area contributed by atoms with E-state index in [-0.39, 0.29) is 10.8 Å². The highest BCUT2D eigenvalue weighted by Crippen LogP contribution is 2.21. The Morgan fingerprint density at radius 2 is 1.83 bits per heavy atom. The zero-order valence-corrected chi connectivity index (χ0v) is 12.3. The van der Waals surface area contributed by atoms with Crippen molar-refractivity contribution in [2.75, 3.05) is 0 Å². The molecule has 1 rings (SSSR count). The number of nitrogens with one attached hydrogen (secondary N) is 1. The normalized spacial score (nSPS) is 17.2. The molecule has 0 aromatic heterocycles. The van der Waals surface area contributed by atoms with Crippen LogP contribution in [-0.4, -0.2) is 20.2 Å². The summed E-state index contributed by atoms with van der Waals surface area (Å²) in [6.07, 6.45) is 0.117. The fourth-order valence-electron chi connectivity index (χ4n) is 1.58. The summed E-state index contributed by atoms with van der Waals surface area (Å²) in [6.45, 7) is 7.54. The maximum absolute atomic E-state index is 12.1. The summed E-state index contributed by atoms with van der Waals surface area (Å²) >= 11 is 0. The fourth-order valence-corrected chi connectivity index (χ4v) is 2.43. The largest absolute Gasteiger partial charge is 0.393 e. The van der Waals surface area contributed by atoms with Crippen molar-refractivity contribution < 1.29 is 9.32 Å². The topological polar surface area (TPSA) is 49.3 Å². The van der Waals surface area contributed by atoms with E-state index in [4.69, 9.17) is 0 Å². The molecule has 0 fully saturated rings.